The fourth-order valence-electron chi connectivity index (χ4n) is 2.18. The summed E-state index contributed by atoms with van der Waals surface area (Å²) >= 11 is 0.784. The minimum atomic E-state index is -1.30. The quantitative estimate of drug-likeness (QED) is 0.618. The third-order valence-electron chi connectivity index (χ3n) is 4.18. The van der Waals surface area contributed by atoms with E-state index in [0.717, 1.165) is 11.5 Å². The van der Waals surface area contributed by atoms with Crippen molar-refractivity contribution in [3.63, 3.8) is 0 Å². The van der Waals surface area contributed by atoms with E-state index in [0.29, 0.717) is 12.1 Å². The zero-order chi connectivity index (χ0) is 20.8. The maximum Gasteiger partial charge on any atom is 0.344 e. The van der Waals surface area contributed by atoms with Crippen molar-refractivity contribution >= 4 is 28.5 Å². The van der Waals surface area contributed by atoms with E-state index < -0.39 is 17.8 Å². The molecule has 28 heavy (non-hydrogen) atoms. The van der Waals surface area contributed by atoms with Gasteiger partial charge in [-0.15, -0.1) is 0 Å². The number of benzene rings is 1. The molecular formula is C18H23FN4O4S. The predicted octanol–water partition coefficient (Wildman–Crippen LogP) is 2.94. The Labute approximate surface area is 166 Å². The van der Waals surface area contributed by atoms with Crippen molar-refractivity contribution in [3.8, 4) is 5.88 Å². The lowest BCUT2D eigenvalue weighted by Gasteiger charge is -2.19. The topological polar surface area (TPSA) is 104 Å². The Hall–Kier alpha value is -2.72. The summed E-state index contributed by atoms with van der Waals surface area (Å²) in [6.07, 6.45) is 0. The molecule has 10 heteroatoms. The summed E-state index contributed by atoms with van der Waals surface area (Å²) in [5.74, 6) is -1.89. The lowest BCUT2D eigenvalue weighted by Crippen LogP contribution is -2.40. The van der Waals surface area contributed by atoms with E-state index in [1.807, 2.05) is 25.9 Å². The van der Waals surface area contributed by atoms with Gasteiger partial charge in [-0.05, 0) is 45.0 Å². The summed E-state index contributed by atoms with van der Waals surface area (Å²) < 4.78 is 23.4. The van der Waals surface area contributed by atoms with Crippen LogP contribution in [0.25, 0.3) is 0 Å². The molecule has 1 aromatic carbocycles. The van der Waals surface area contributed by atoms with Gasteiger partial charge in [-0.3, -0.25) is 5.32 Å². The summed E-state index contributed by atoms with van der Waals surface area (Å²) in [4.78, 5) is 25.6. The van der Waals surface area contributed by atoms with E-state index in [-0.39, 0.29) is 34.7 Å². The smallest absolute Gasteiger partial charge is 0.344 e. The number of urea groups is 1. The molecule has 0 spiro atoms. The van der Waals surface area contributed by atoms with Gasteiger partial charge in [0.05, 0.1) is 0 Å². The van der Waals surface area contributed by atoms with Crippen LogP contribution in [-0.4, -0.2) is 53.1 Å². The maximum absolute atomic E-state index is 14.1. The zero-order valence-electron chi connectivity index (χ0n) is 16.1. The second-order valence-electron chi connectivity index (χ2n) is 6.48. The van der Waals surface area contributed by atoms with Gasteiger partial charge in [0.1, 0.15) is 17.4 Å². The lowest BCUT2D eigenvalue weighted by atomic mass is 10.1. The Morgan fingerprint density at radius 2 is 2.11 bits per heavy atom. The van der Waals surface area contributed by atoms with E-state index in [9.17, 15) is 19.1 Å². The van der Waals surface area contributed by atoms with Gasteiger partial charge in [-0.25, -0.2) is 14.0 Å². The molecule has 3 N–H and O–H groups in total. The van der Waals surface area contributed by atoms with Crippen LogP contribution in [-0.2, 0) is 6.61 Å². The zero-order valence-corrected chi connectivity index (χ0v) is 16.9. The van der Waals surface area contributed by atoms with Crippen molar-refractivity contribution < 1.29 is 23.8 Å². The van der Waals surface area contributed by atoms with Crippen molar-refractivity contribution in [1.29, 1.82) is 0 Å². The van der Waals surface area contributed by atoms with Crippen LogP contribution in [0.15, 0.2) is 18.2 Å². The molecule has 0 aliphatic rings. The number of amides is 2. The molecule has 2 rings (SSSR count). The highest BCUT2D eigenvalue weighted by molar-refractivity contribution is 7.11. The first kappa shape index (κ1) is 21.6. The molecule has 2 aromatic rings. The van der Waals surface area contributed by atoms with E-state index >= 15 is 0 Å². The number of likely N-dealkylation sites (N-methyl/N-ethyl adjacent to an activating group) is 1. The van der Waals surface area contributed by atoms with E-state index in [1.54, 1.807) is 25.1 Å². The second kappa shape index (κ2) is 9.47. The van der Waals surface area contributed by atoms with Crippen LogP contribution in [0.5, 0.6) is 5.88 Å². The number of anilines is 1. The molecule has 152 valence electrons. The highest BCUT2D eigenvalue weighted by Crippen LogP contribution is 2.31. The molecule has 8 nitrogen and oxygen atoms in total. The number of hydrogen-bond acceptors (Lipinski definition) is 6. The van der Waals surface area contributed by atoms with Crippen LogP contribution in [0.1, 0.15) is 28.4 Å². The van der Waals surface area contributed by atoms with Gasteiger partial charge in [0.15, 0.2) is 5.56 Å². The molecule has 1 unspecified atom stereocenters. The number of aryl methyl sites for hydroxylation is 1. The SMILES string of the molecule is Cc1cccc(COc2nsc(NC(=O)NCC(C)N(C)C)c2C(=O)O)c1F. The Bertz CT molecular complexity index is 856. The van der Waals surface area contributed by atoms with Gasteiger partial charge in [0.2, 0.25) is 5.88 Å². The average Bonchev–Trinajstić information content (AvgIpc) is 3.03. The normalized spacial score (nSPS) is 11.9. The molecule has 0 saturated carbocycles. The number of carbonyl (C=O) groups is 2. The monoisotopic (exact) mass is 410 g/mol. The molecule has 0 bridgehead atoms. The van der Waals surface area contributed by atoms with Crippen LogP contribution >= 0.6 is 11.5 Å². The van der Waals surface area contributed by atoms with Crippen molar-refractivity contribution in [3.05, 3.63) is 40.7 Å². The Morgan fingerprint density at radius 1 is 1.39 bits per heavy atom. The molecule has 1 atom stereocenters. The average molecular weight is 410 g/mol. The van der Waals surface area contributed by atoms with Gasteiger partial charge in [-0.2, -0.15) is 4.37 Å². The molecule has 0 aliphatic carbocycles. The summed E-state index contributed by atoms with van der Waals surface area (Å²) in [6, 6.07) is 4.42. The lowest BCUT2D eigenvalue weighted by molar-refractivity contribution is 0.0693. The van der Waals surface area contributed by atoms with Crippen LogP contribution < -0.4 is 15.4 Å². The standard InChI is InChI=1S/C18H23FN4O4S/c1-10-6-5-7-12(14(10)19)9-27-15-13(17(24)25)16(28-22-15)21-18(26)20-8-11(2)23(3)4/h5-7,11H,8-9H2,1-4H3,(H,24,25)(H2,20,21,26). The first-order valence-corrected chi connectivity index (χ1v) is 9.29. The van der Waals surface area contributed by atoms with Gasteiger partial charge in [0, 0.05) is 18.2 Å². The molecule has 1 heterocycles. The third kappa shape index (κ3) is 5.40. The largest absolute Gasteiger partial charge is 0.477 e. The molecule has 0 saturated heterocycles. The van der Waals surface area contributed by atoms with Gasteiger partial charge in [0.25, 0.3) is 0 Å². The van der Waals surface area contributed by atoms with Crippen molar-refractivity contribution in [2.45, 2.75) is 26.5 Å². The number of carboxylic acids is 1. The maximum atomic E-state index is 14.1. The molecule has 0 radical (unpaired) electrons. The number of ether oxygens (including phenoxy) is 1. The third-order valence-corrected chi connectivity index (χ3v) is 4.92. The van der Waals surface area contributed by atoms with Crippen molar-refractivity contribution in [2.75, 3.05) is 26.0 Å². The Balaban J connectivity index is 2.07. The van der Waals surface area contributed by atoms with Gasteiger partial charge < -0.3 is 20.1 Å². The molecule has 0 fully saturated rings. The molecule has 0 aliphatic heterocycles. The minimum Gasteiger partial charge on any atom is -0.477 e. The number of aromatic nitrogens is 1. The Morgan fingerprint density at radius 3 is 2.75 bits per heavy atom. The minimum absolute atomic E-state index is 0.0437. The molecular weight excluding hydrogens is 387 g/mol. The highest BCUT2D eigenvalue weighted by atomic mass is 32.1. The second-order valence-corrected chi connectivity index (χ2v) is 7.25. The Kier molecular flexibility index (Phi) is 7.30. The first-order valence-electron chi connectivity index (χ1n) is 8.51. The summed E-state index contributed by atoms with van der Waals surface area (Å²) in [5, 5.41) is 14.7. The number of hydrogen-bond donors (Lipinski definition) is 3. The van der Waals surface area contributed by atoms with Gasteiger partial charge >= 0.3 is 12.0 Å². The molecule has 1 aromatic heterocycles. The predicted molar refractivity (Wildman–Crippen MR) is 105 cm³/mol. The number of rotatable bonds is 8. The first-order chi connectivity index (χ1) is 13.2. The number of nitrogens with one attached hydrogen (secondary N) is 2. The number of aromatic carboxylic acids is 1. The number of halogens is 1. The van der Waals surface area contributed by atoms with Crippen molar-refractivity contribution in [1.82, 2.24) is 14.6 Å². The van der Waals surface area contributed by atoms with Crippen LogP contribution in [0.2, 0.25) is 0 Å². The summed E-state index contributed by atoms with van der Waals surface area (Å²) in [6.45, 7) is 3.77. The summed E-state index contributed by atoms with van der Waals surface area (Å²) in [7, 11) is 3.77. The molecule has 2 amide bonds. The number of nitrogens with zero attached hydrogens (tertiary/aromatic N) is 2. The van der Waals surface area contributed by atoms with E-state index in [2.05, 4.69) is 15.0 Å². The fourth-order valence-corrected chi connectivity index (χ4v) is 2.91. The van der Waals surface area contributed by atoms with Gasteiger partial charge in [-0.1, -0.05) is 18.2 Å². The number of carbonyl (C=O) groups excluding carboxylic acids is 1. The summed E-state index contributed by atoms with van der Waals surface area (Å²) in [5.41, 5.74) is 0.479. The van der Waals surface area contributed by atoms with E-state index in [1.165, 1.54) is 0 Å². The fraction of sp³-hybridized carbons (Fsp3) is 0.389. The highest BCUT2D eigenvalue weighted by Gasteiger charge is 2.24. The van der Waals surface area contributed by atoms with Crippen LogP contribution in [0.4, 0.5) is 14.2 Å². The van der Waals surface area contributed by atoms with Crippen LogP contribution in [0.3, 0.4) is 0 Å². The van der Waals surface area contributed by atoms with Crippen molar-refractivity contribution in [2.24, 2.45) is 0 Å². The van der Waals surface area contributed by atoms with Crippen LogP contribution in [0, 0.1) is 12.7 Å². The number of carboxylic acid groups (broad SMARTS) is 1. The van der Waals surface area contributed by atoms with E-state index in [4.69, 9.17) is 4.74 Å².